The van der Waals surface area contributed by atoms with Crippen molar-refractivity contribution in [1.29, 1.82) is 0 Å². The lowest BCUT2D eigenvalue weighted by molar-refractivity contribution is 0.0697. The Balaban J connectivity index is 1.92. The Labute approximate surface area is 183 Å². The highest BCUT2D eigenvalue weighted by Crippen LogP contribution is 2.24. The molecule has 1 heterocycles. The largest absolute Gasteiger partial charge is 0.496 e. The van der Waals surface area contributed by atoms with E-state index in [1.54, 1.807) is 25.3 Å². The lowest BCUT2D eigenvalue weighted by Gasteiger charge is -2.13. The highest BCUT2D eigenvalue weighted by Gasteiger charge is 2.12. The van der Waals surface area contributed by atoms with Crippen molar-refractivity contribution < 1.29 is 14.6 Å². The maximum Gasteiger partial charge on any atom is 0.335 e. The van der Waals surface area contributed by atoms with Crippen molar-refractivity contribution in [2.75, 3.05) is 7.11 Å². The predicted octanol–water partition coefficient (Wildman–Crippen LogP) is 5.28. The Hall–Kier alpha value is -3.02. The summed E-state index contributed by atoms with van der Waals surface area (Å²) in [6.45, 7) is 0.330. The normalized spacial score (nSPS) is 11.0. The average Bonchev–Trinajstić information content (AvgIpc) is 2.75. The number of carboxylic acid groups (broad SMARTS) is 1. The number of para-hydroxylation sites is 1. The highest BCUT2D eigenvalue weighted by molar-refractivity contribution is 6.35. The minimum Gasteiger partial charge on any atom is -0.496 e. The minimum atomic E-state index is -0.983. The number of hydrogen-bond acceptors (Lipinski definition) is 3. The maximum atomic E-state index is 12.7. The van der Waals surface area contributed by atoms with Crippen LogP contribution in [0.15, 0.2) is 59.4 Å². The third-order valence-electron chi connectivity index (χ3n) is 4.62. The number of methoxy groups -OCH3 is 1. The van der Waals surface area contributed by atoms with E-state index in [4.69, 9.17) is 33.0 Å². The van der Waals surface area contributed by atoms with E-state index in [1.165, 1.54) is 22.8 Å². The molecule has 0 bridgehead atoms. The minimum absolute atomic E-state index is 0.0377. The molecule has 0 spiro atoms. The first-order valence-corrected chi connectivity index (χ1v) is 9.88. The molecule has 0 atom stereocenters. The zero-order valence-electron chi connectivity index (χ0n) is 16.1. The first kappa shape index (κ1) is 21.7. The number of halogens is 2. The molecule has 0 amide bonds. The fourth-order valence-electron chi connectivity index (χ4n) is 3.03. The molecule has 1 N–H and O–H groups in total. The summed E-state index contributed by atoms with van der Waals surface area (Å²) in [7, 11) is 1.59. The maximum absolute atomic E-state index is 12.7. The van der Waals surface area contributed by atoms with Gasteiger partial charge in [-0.25, -0.2) is 4.79 Å². The molecule has 0 saturated carbocycles. The summed E-state index contributed by atoms with van der Waals surface area (Å²) in [5, 5.41) is 9.41. The lowest BCUT2D eigenvalue weighted by atomic mass is 10.1. The Morgan fingerprint density at radius 2 is 1.77 bits per heavy atom. The monoisotopic (exact) mass is 443 g/mol. The van der Waals surface area contributed by atoms with E-state index in [1.807, 2.05) is 30.3 Å². The van der Waals surface area contributed by atoms with E-state index in [9.17, 15) is 9.59 Å². The van der Waals surface area contributed by atoms with Crippen LogP contribution in [-0.4, -0.2) is 22.8 Å². The number of benzene rings is 2. The van der Waals surface area contributed by atoms with Crippen LogP contribution in [0.1, 0.15) is 27.2 Å². The van der Waals surface area contributed by atoms with Gasteiger partial charge in [-0.15, -0.1) is 0 Å². The van der Waals surface area contributed by atoms with Crippen LogP contribution in [0.3, 0.4) is 0 Å². The van der Waals surface area contributed by atoms with Gasteiger partial charge in [0, 0.05) is 12.1 Å². The molecule has 0 unspecified atom stereocenters. The van der Waals surface area contributed by atoms with Gasteiger partial charge in [0.05, 0.1) is 23.4 Å². The molecule has 0 aliphatic carbocycles. The molecule has 0 saturated heterocycles. The van der Waals surface area contributed by atoms with Crippen molar-refractivity contribution in [1.82, 2.24) is 4.57 Å². The Morgan fingerprint density at radius 1 is 1.07 bits per heavy atom. The fraction of sp³-hybridized carbons (Fsp3) is 0.130. The van der Waals surface area contributed by atoms with Crippen LogP contribution in [-0.2, 0) is 13.0 Å². The van der Waals surface area contributed by atoms with Gasteiger partial charge < -0.3 is 14.4 Å². The lowest BCUT2D eigenvalue weighted by Crippen LogP contribution is -2.24. The van der Waals surface area contributed by atoms with Gasteiger partial charge in [-0.2, -0.15) is 0 Å². The van der Waals surface area contributed by atoms with Gasteiger partial charge in [0.15, 0.2) is 0 Å². The molecule has 0 fully saturated rings. The third-order valence-corrected chi connectivity index (χ3v) is 5.20. The van der Waals surface area contributed by atoms with E-state index in [0.717, 1.165) is 11.1 Å². The van der Waals surface area contributed by atoms with Gasteiger partial charge in [-0.05, 0) is 48.4 Å². The Bertz CT molecular complexity index is 1150. The number of aryl methyl sites for hydroxylation is 1. The molecule has 2 aromatic carbocycles. The van der Waals surface area contributed by atoms with Crippen LogP contribution in [0.4, 0.5) is 0 Å². The van der Waals surface area contributed by atoms with Crippen LogP contribution in [0.5, 0.6) is 5.75 Å². The third kappa shape index (κ3) is 4.93. The number of ether oxygens (including phenoxy) is 1. The van der Waals surface area contributed by atoms with Gasteiger partial charge in [-0.1, -0.05) is 53.5 Å². The van der Waals surface area contributed by atoms with Gasteiger partial charge in [-0.3, -0.25) is 4.79 Å². The van der Waals surface area contributed by atoms with E-state index in [-0.39, 0.29) is 16.1 Å². The number of rotatable bonds is 7. The van der Waals surface area contributed by atoms with E-state index in [0.29, 0.717) is 29.4 Å². The molecule has 3 rings (SSSR count). The van der Waals surface area contributed by atoms with E-state index >= 15 is 0 Å². The van der Waals surface area contributed by atoms with Crippen molar-refractivity contribution in [2.24, 2.45) is 0 Å². The predicted molar refractivity (Wildman–Crippen MR) is 120 cm³/mol. The van der Waals surface area contributed by atoms with Crippen LogP contribution in [0, 0.1) is 0 Å². The van der Waals surface area contributed by atoms with Gasteiger partial charge in [0.1, 0.15) is 10.8 Å². The number of carboxylic acids is 1. The zero-order valence-corrected chi connectivity index (χ0v) is 17.7. The molecule has 154 valence electrons. The SMILES string of the molecule is COc1ccccc1C=Cc1c(Cl)cc(Cl)c(=O)n1CCc1ccc(C(=O)O)cc1. The first-order valence-electron chi connectivity index (χ1n) is 9.13. The number of hydrogen-bond donors (Lipinski definition) is 1. The number of aromatic nitrogens is 1. The van der Waals surface area contributed by atoms with Gasteiger partial charge >= 0.3 is 5.97 Å². The van der Waals surface area contributed by atoms with E-state index in [2.05, 4.69) is 0 Å². The molecule has 7 heteroatoms. The molecule has 1 aromatic heterocycles. The Morgan fingerprint density at radius 3 is 2.43 bits per heavy atom. The van der Waals surface area contributed by atoms with E-state index < -0.39 is 5.97 Å². The smallest absolute Gasteiger partial charge is 0.335 e. The van der Waals surface area contributed by atoms with Crippen molar-refractivity contribution >= 4 is 41.3 Å². The number of carbonyl (C=O) groups is 1. The molecule has 0 radical (unpaired) electrons. The average molecular weight is 444 g/mol. The zero-order chi connectivity index (χ0) is 21.7. The second kappa shape index (κ2) is 9.65. The first-order chi connectivity index (χ1) is 14.4. The van der Waals surface area contributed by atoms with Crippen LogP contribution < -0.4 is 10.3 Å². The number of aromatic carboxylic acids is 1. The van der Waals surface area contributed by atoms with Crippen molar-refractivity contribution in [3.8, 4) is 5.75 Å². The summed E-state index contributed by atoms with van der Waals surface area (Å²) in [4.78, 5) is 23.7. The summed E-state index contributed by atoms with van der Waals surface area (Å²) in [5.74, 6) is -0.283. The molecular formula is C23H19Cl2NO4. The summed E-state index contributed by atoms with van der Waals surface area (Å²) < 4.78 is 6.87. The topological polar surface area (TPSA) is 68.5 Å². The number of nitrogens with zero attached hydrogens (tertiary/aromatic N) is 1. The Kier molecular flexibility index (Phi) is 6.98. The molecule has 5 nitrogen and oxygen atoms in total. The van der Waals surface area contributed by atoms with Gasteiger partial charge in [0.25, 0.3) is 5.56 Å². The van der Waals surface area contributed by atoms with Crippen LogP contribution in [0.25, 0.3) is 12.2 Å². The van der Waals surface area contributed by atoms with Gasteiger partial charge in [0.2, 0.25) is 0 Å². The molecule has 0 aliphatic heterocycles. The molecule has 0 aliphatic rings. The second-order valence-electron chi connectivity index (χ2n) is 6.51. The van der Waals surface area contributed by atoms with Crippen LogP contribution >= 0.6 is 23.2 Å². The molecule has 3 aromatic rings. The molecule has 30 heavy (non-hydrogen) atoms. The fourth-order valence-corrected chi connectivity index (χ4v) is 3.57. The van der Waals surface area contributed by atoms with Crippen molar-refractivity contribution in [3.05, 3.63) is 97.4 Å². The molecular weight excluding hydrogens is 425 g/mol. The number of pyridine rings is 1. The standard InChI is InChI=1S/C23H19Cl2NO4/c1-30-21-5-3-2-4-16(21)10-11-20-18(24)14-19(25)22(27)26(20)13-12-15-6-8-17(9-7-15)23(28)29/h2-11,14H,12-13H2,1H3,(H,28,29). The summed E-state index contributed by atoms with van der Waals surface area (Å²) in [6, 6.07) is 15.5. The highest BCUT2D eigenvalue weighted by atomic mass is 35.5. The summed E-state index contributed by atoms with van der Waals surface area (Å²) in [6.07, 6.45) is 4.09. The van der Waals surface area contributed by atoms with Crippen LogP contribution in [0.2, 0.25) is 10.0 Å². The summed E-state index contributed by atoms with van der Waals surface area (Å²) >= 11 is 12.5. The second-order valence-corrected chi connectivity index (χ2v) is 7.32. The van der Waals surface area contributed by atoms with Crippen molar-refractivity contribution in [3.63, 3.8) is 0 Å². The summed E-state index contributed by atoms with van der Waals surface area (Å²) in [5.41, 5.74) is 2.13. The van der Waals surface area contributed by atoms with Crippen molar-refractivity contribution in [2.45, 2.75) is 13.0 Å². The quantitative estimate of drug-likeness (QED) is 0.539.